The molecular weight excluding hydrogens is 194 g/mol. The van der Waals surface area contributed by atoms with Gasteiger partial charge < -0.3 is 10.7 Å². The highest BCUT2D eigenvalue weighted by Crippen LogP contribution is 2.09. The van der Waals surface area contributed by atoms with Crippen LogP contribution in [-0.4, -0.2) is 19.1 Å². The third kappa shape index (κ3) is 3.18. The Kier molecular flexibility index (Phi) is 2.90. The maximum absolute atomic E-state index is 10.8. The fourth-order valence-electron chi connectivity index (χ4n) is 0.998. The van der Waals surface area contributed by atoms with Crippen molar-refractivity contribution in [3.05, 3.63) is 23.9 Å². The topological polar surface area (TPSA) is 68.0 Å². The summed E-state index contributed by atoms with van der Waals surface area (Å²) in [5.74, 6) is 0.353. The second-order valence-corrected chi connectivity index (χ2v) is 8.92. The number of pyridine rings is 1. The van der Waals surface area contributed by atoms with Crippen molar-refractivity contribution < 1.29 is 4.79 Å². The quantitative estimate of drug-likeness (QED) is 0.740. The number of hydrogen-bond donors (Lipinski definition) is 2. The summed E-state index contributed by atoms with van der Waals surface area (Å²) in [4.78, 5) is 18.2. The molecule has 1 rings (SSSR count). The minimum absolute atomic E-state index is 0.436. The largest absolute Gasteiger partial charge is 0.396 e. The van der Waals surface area contributed by atoms with Crippen LogP contribution in [0.1, 0.15) is 10.4 Å². The van der Waals surface area contributed by atoms with Gasteiger partial charge in [-0.1, -0.05) is 19.6 Å². The van der Waals surface area contributed by atoms with E-state index in [9.17, 15) is 4.79 Å². The van der Waals surface area contributed by atoms with Crippen molar-refractivity contribution >= 4 is 20.0 Å². The van der Waals surface area contributed by atoms with Crippen LogP contribution in [0.3, 0.4) is 0 Å². The van der Waals surface area contributed by atoms with Crippen molar-refractivity contribution in [1.82, 2.24) is 4.98 Å². The standard InChI is InChI=1S/C9H15N3OSi/c1-14(2,3)12-8-5-4-7(6-11-8)9(10)13/h4-6H,1-3H3,(H2,10,13)(H,11,12). The van der Waals surface area contributed by atoms with Gasteiger partial charge in [-0.15, -0.1) is 0 Å². The van der Waals surface area contributed by atoms with Gasteiger partial charge in [-0.3, -0.25) is 4.79 Å². The molecule has 1 heterocycles. The first-order valence-corrected chi connectivity index (χ1v) is 7.92. The van der Waals surface area contributed by atoms with Crippen LogP contribution in [0.4, 0.5) is 5.82 Å². The van der Waals surface area contributed by atoms with Crippen LogP contribution < -0.4 is 10.7 Å². The summed E-state index contributed by atoms with van der Waals surface area (Å²) in [5.41, 5.74) is 5.54. The molecule has 0 aliphatic rings. The fraction of sp³-hybridized carbons (Fsp3) is 0.333. The van der Waals surface area contributed by atoms with Gasteiger partial charge in [0.2, 0.25) is 5.91 Å². The van der Waals surface area contributed by atoms with E-state index in [4.69, 9.17) is 5.73 Å². The molecule has 0 aliphatic heterocycles. The number of anilines is 1. The predicted molar refractivity (Wildman–Crippen MR) is 59.7 cm³/mol. The average Bonchev–Trinajstić information content (AvgIpc) is 2.02. The second kappa shape index (κ2) is 3.79. The Bertz CT molecular complexity index is 329. The highest BCUT2D eigenvalue weighted by molar-refractivity contribution is 6.79. The lowest BCUT2D eigenvalue weighted by atomic mass is 10.3. The molecular formula is C9H15N3OSi. The molecule has 5 heteroatoms. The maximum Gasteiger partial charge on any atom is 0.250 e. The van der Waals surface area contributed by atoms with Crippen molar-refractivity contribution in [3.8, 4) is 0 Å². The summed E-state index contributed by atoms with van der Waals surface area (Å²) in [7, 11) is -1.37. The number of aromatic nitrogens is 1. The molecule has 14 heavy (non-hydrogen) atoms. The van der Waals surface area contributed by atoms with Gasteiger partial charge in [0.15, 0.2) is 0 Å². The molecule has 0 atom stereocenters. The maximum atomic E-state index is 10.8. The lowest BCUT2D eigenvalue weighted by Gasteiger charge is -2.18. The third-order valence-corrected chi connectivity index (χ3v) is 2.56. The lowest BCUT2D eigenvalue weighted by Crippen LogP contribution is -2.32. The zero-order valence-electron chi connectivity index (χ0n) is 8.66. The number of nitrogens with zero attached hydrogens (tertiary/aromatic N) is 1. The molecule has 0 saturated heterocycles. The van der Waals surface area contributed by atoms with E-state index in [-0.39, 0.29) is 0 Å². The molecule has 1 aromatic heterocycles. The fourth-order valence-corrected chi connectivity index (χ4v) is 1.91. The predicted octanol–water partition coefficient (Wildman–Crippen LogP) is 1.43. The number of nitrogens with one attached hydrogen (secondary N) is 1. The Morgan fingerprint density at radius 2 is 2.07 bits per heavy atom. The van der Waals surface area contributed by atoms with Gasteiger partial charge in [0.25, 0.3) is 0 Å². The summed E-state index contributed by atoms with van der Waals surface area (Å²) >= 11 is 0. The first kappa shape index (κ1) is 10.7. The molecule has 76 valence electrons. The van der Waals surface area contributed by atoms with Gasteiger partial charge in [0, 0.05) is 6.20 Å². The van der Waals surface area contributed by atoms with E-state index in [1.807, 2.05) is 0 Å². The van der Waals surface area contributed by atoms with E-state index in [1.54, 1.807) is 12.1 Å². The monoisotopic (exact) mass is 209 g/mol. The van der Waals surface area contributed by atoms with Crippen molar-refractivity contribution in [2.24, 2.45) is 5.73 Å². The SMILES string of the molecule is C[Si](C)(C)Nc1ccc(C(N)=O)cn1. The number of nitrogens with two attached hydrogens (primary N) is 1. The van der Waals surface area contributed by atoms with Gasteiger partial charge in [-0.25, -0.2) is 4.98 Å². The van der Waals surface area contributed by atoms with Crippen LogP contribution in [0, 0.1) is 0 Å². The van der Waals surface area contributed by atoms with Crippen LogP contribution in [0.15, 0.2) is 18.3 Å². The summed E-state index contributed by atoms with van der Waals surface area (Å²) in [6, 6.07) is 3.45. The van der Waals surface area contributed by atoms with Gasteiger partial charge in [-0.2, -0.15) is 0 Å². The second-order valence-electron chi connectivity index (χ2n) is 4.17. The zero-order valence-corrected chi connectivity index (χ0v) is 9.66. The average molecular weight is 209 g/mol. The Labute approximate surface area is 84.6 Å². The molecule has 0 fully saturated rings. The zero-order chi connectivity index (χ0) is 10.8. The van der Waals surface area contributed by atoms with Crippen LogP contribution in [-0.2, 0) is 0 Å². The molecule has 0 radical (unpaired) electrons. The molecule has 0 saturated carbocycles. The number of rotatable bonds is 3. The summed E-state index contributed by atoms with van der Waals surface area (Å²) in [6.45, 7) is 6.53. The van der Waals surface area contributed by atoms with Crippen molar-refractivity contribution in [1.29, 1.82) is 0 Å². The van der Waals surface area contributed by atoms with E-state index in [0.717, 1.165) is 5.82 Å². The molecule has 0 bridgehead atoms. The van der Waals surface area contributed by atoms with E-state index in [1.165, 1.54) is 6.20 Å². The first-order valence-electron chi connectivity index (χ1n) is 4.42. The minimum atomic E-state index is -1.37. The molecule has 1 aromatic rings. The Hall–Kier alpha value is -1.36. The molecule has 0 spiro atoms. The van der Waals surface area contributed by atoms with E-state index >= 15 is 0 Å². The summed E-state index contributed by atoms with van der Waals surface area (Å²) < 4.78 is 0. The Balaban J connectivity index is 2.79. The molecule has 0 aliphatic carbocycles. The number of carbonyl (C=O) groups excluding carboxylic acids is 1. The van der Waals surface area contributed by atoms with Gasteiger partial charge in [0.1, 0.15) is 14.1 Å². The van der Waals surface area contributed by atoms with Crippen LogP contribution in [0.25, 0.3) is 0 Å². The lowest BCUT2D eigenvalue weighted by molar-refractivity contribution is 0.1000. The Morgan fingerprint density at radius 3 is 2.43 bits per heavy atom. The molecule has 4 nitrogen and oxygen atoms in total. The van der Waals surface area contributed by atoms with Crippen LogP contribution in [0.5, 0.6) is 0 Å². The molecule has 1 amide bonds. The van der Waals surface area contributed by atoms with Crippen molar-refractivity contribution in [2.75, 3.05) is 4.98 Å². The van der Waals surface area contributed by atoms with Gasteiger partial charge >= 0.3 is 0 Å². The third-order valence-electron chi connectivity index (χ3n) is 1.55. The number of amides is 1. The van der Waals surface area contributed by atoms with Crippen LogP contribution in [0.2, 0.25) is 19.6 Å². The normalized spacial score (nSPS) is 11.1. The highest BCUT2D eigenvalue weighted by Gasteiger charge is 2.13. The van der Waals surface area contributed by atoms with Gasteiger partial charge in [0.05, 0.1) is 5.56 Å². The number of primary amides is 1. The molecule has 0 aromatic carbocycles. The molecule has 0 unspecified atom stereocenters. The first-order chi connectivity index (χ1) is 6.38. The van der Waals surface area contributed by atoms with E-state index in [2.05, 4.69) is 29.6 Å². The van der Waals surface area contributed by atoms with Gasteiger partial charge in [-0.05, 0) is 12.1 Å². The van der Waals surface area contributed by atoms with Crippen molar-refractivity contribution in [2.45, 2.75) is 19.6 Å². The van der Waals surface area contributed by atoms with E-state index < -0.39 is 14.1 Å². The van der Waals surface area contributed by atoms with Crippen molar-refractivity contribution in [3.63, 3.8) is 0 Å². The number of carbonyl (C=O) groups is 1. The summed E-state index contributed by atoms with van der Waals surface area (Å²) in [5, 5.41) is 0. The Morgan fingerprint density at radius 1 is 1.43 bits per heavy atom. The smallest absolute Gasteiger partial charge is 0.250 e. The van der Waals surface area contributed by atoms with Crippen LogP contribution >= 0.6 is 0 Å². The minimum Gasteiger partial charge on any atom is -0.396 e. The van der Waals surface area contributed by atoms with E-state index in [0.29, 0.717) is 5.56 Å². The summed E-state index contributed by atoms with van der Waals surface area (Å²) in [6.07, 6.45) is 1.49. The molecule has 3 N–H and O–H groups in total. The highest BCUT2D eigenvalue weighted by atomic mass is 28.3. The number of hydrogen-bond acceptors (Lipinski definition) is 3.